The number of para-hydroxylation sites is 1. The van der Waals surface area contributed by atoms with Crippen LogP contribution in [0.1, 0.15) is 39.0 Å². The molecule has 1 fully saturated rings. The van der Waals surface area contributed by atoms with E-state index in [2.05, 4.69) is 10.2 Å². The van der Waals surface area contributed by atoms with E-state index in [9.17, 15) is 9.18 Å². The van der Waals surface area contributed by atoms with Gasteiger partial charge < -0.3 is 10.2 Å². The molecule has 1 amide bonds. The standard InChI is InChI=1S/C15H19FN2O/c1-2-18-12-8-6-7-11(16)13(12)17-14(19)15(18)9-4-3-5-10-15/h6-8H,2-5,9-10H2,1H3,(H,17,19). The third-order valence-electron chi connectivity index (χ3n) is 4.46. The summed E-state index contributed by atoms with van der Waals surface area (Å²) in [5.74, 6) is -0.387. The van der Waals surface area contributed by atoms with Crippen molar-refractivity contribution in [1.82, 2.24) is 0 Å². The minimum atomic E-state index is -0.464. The van der Waals surface area contributed by atoms with Crippen molar-refractivity contribution in [2.24, 2.45) is 0 Å². The first-order valence-electron chi connectivity index (χ1n) is 7.06. The number of benzene rings is 1. The highest BCUT2D eigenvalue weighted by Crippen LogP contribution is 2.44. The second-order valence-electron chi connectivity index (χ2n) is 5.42. The minimum absolute atomic E-state index is 0.0355. The van der Waals surface area contributed by atoms with E-state index in [4.69, 9.17) is 0 Å². The Morgan fingerprint density at radius 2 is 2.05 bits per heavy atom. The summed E-state index contributed by atoms with van der Waals surface area (Å²) in [4.78, 5) is 14.6. The van der Waals surface area contributed by atoms with E-state index in [0.29, 0.717) is 5.69 Å². The van der Waals surface area contributed by atoms with E-state index >= 15 is 0 Å². The number of fused-ring (bicyclic) bond motifs is 1. The number of carbonyl (C=O) groups excluding carboxylic acids is 1. The molecule has 102 valence electrons. The van der Waals surface area contributed by atoms with Gasteiger partial charge >= 0.3 is 0 Å². The lowest BCUT2D eigenvalue weighted by Gasteiger charge is -2.49. The van der Waals surface area contributed by atoms with Gasteiger partial charge in [0.25, 0.3) is 0 Å². The van der Waals surface area contributed by atoms with E-state index in [0.717, 1.165) is 37.9 Å². The van der Waals surface area contributed by atoms with E-state index in [1.807, 2.05) is 13.0 Å². The van der Waals surface area contributed by atoms with E-state index in [-0.39, 0.29) is 11.7 Å². The monoisotopic (exact) mass is 262 g/mol. The van der Waals surface area contributed by atoms with Crippen molar-refractivity contribution < 1.29 is 9.18 Å². The second-order valence-corrected chi connectivity index (χ2v) is 5.42. The number of anilines is 2. The normalized spacial score (nSPS) is 21.2. The van der Waals surface area contributed by atoms with Crippen LogP contribution in [0.5, 0.6) is 0 Å². The molecule has 0 radical (unpaired) electrons. The van der Waals surface area contributed by atoms with Crippen LogP contribution in [0.3, 0.4) is 0 Å². The van der Waals surface area contributed by atoms with Crippen LogP contribution in [0, 0.1) is 5.82 Å². The summed E-state index contributed by atoms with van der Waals surface area (Å²) in [5, 5.41) is 2.80. The summed E-state index contributed by atoms with van der Waals surface area (Å²) >= 11 is 0. The number of hydrogen-bond donors (Lipinski definition) is 1. The fourth-order valence-corrected chi connectivity index (χ4v) is 3.55. The molecule has 1 aromatic carbocycles. The van der Waals surface area contributed by atoms with Crippen LogP contribution in [0.15, 0.2) is 18.2 Å². The van der Waals surface area contributed by atoms with Gasteiger partial charge in [-0.15, -0.1) is 0 Å². The van der Waals surface area contributed by atoms with Gasteiger partial charge in [-0.1, -0.05) is 25.3 Å². The van der Waals surface area contributed by atoms with Crippen LogP contribution in [0.25, 0.3) is 0 Å². The summed E-state index contributed by atoms with van der Waals surface area (Å²) in [5.41, 5.74) is 0.697. The maximum absolute atomic E-state index is 13.9. The zero-order valence-corrected chi connectivity index (χ0v) is 11.2. The SMILES string of the molecule is CCN1c2cccc(F)c2NC(=O)C12CCCCC2. The number of nitrogens with zero attached hydrogens (tertiary/aromatic N) is 1. The quantitative estimate of drug-likeness (QED) is 0.842. The van der Waals surface area contributed by atoms with Crippen LogP contribution in [-0.4, -0.2) is 18.0 Å². The molecule has 4 heteroatoms. The first kappa shape index (κ1) is 12.5. The summed E-state index contributed by atoms with van der Waals surface area (Å²) < 4.78 is 13.9. The highest BCUT2D eigenvalue weighted by atomic mass is 19.1. The third-order valence-corrected chi connectivity index (χ3v) is 4.46. The molecule has 1 aliphatic carbocycles. The van der Waals surface area contributed by atoms with Gasteiger partial charge in [-0.25, -0.2) is 4.39 Å². The molecule has 0 atom stereocenters. The Labute approximate surface area is 112 Å². The van der Waals surface area contributed by atoms with E-state index in [1.54, 1.807) is 6.07 Å². The van der Waals surface area contributed by atoms with Crippen molar-refractivity contribution in [3.63, 3.8) is 0 Å². The number of rotatable bonds is 1. The maximum Gasteiger partial charge on any atom is 0.250 e. The molecular formula is C15H19FN2O. The average Bonchev–Trinajstić information content (AvgIpc) is 2.43. The molecule has 2 aliphatic rings. The number of nitrogens with one attached hydrogen (secondary N) is 1. The predicted octanol–water partition coefficient (Wildman–Crippen LogP) is 3.31. The topological polar surface area (TPSA) is 32.3 Å². The zero-order chi connectivity index (χ0) is 13.5. The lowest BCUT2D eigenvalue weighted by Crippen LogP contribution is -2.61. The molecule has 1 aromatic rings. The minimum Gasteiger partial charge on any atom is -0.356 e. The van der Waals surface area contributed by atoms with E-state index < -0.39 is 5.54 Å². The number of halogens is 1. The van der Waals surface area contributed by atoms with Gasteiger partial charge in [0, 0.05) is 6.54 Å². The summed E-state index contributed by atoms with van der Waals surface area (Å²) in [7, 11) is 0. The number of likely N-dealkylation sites (N-methyl/N-ethyl adjacent to an activating group) is 1. The van der Waals surface area contributed by atoms with Crippen LogP contribution in [0.4, 0.5) is 15.8 Å². The summed E-state index contributed by atoms with van der Waals surface area (Å²) in [6.07, 6.45) is 5.04. The Morgan fingerprint density at radius 3 is 2.74 bits per heavy atom. The average molecular weight is 262 g/mol. The van der Waals surface area contributed by atoms with Gasteiger partial charge in [0.1, 0.15) is 17.0 Å². The van der Waals surface area contributed by atoms with Crippen molar-refractivity contribution >= 4 is 17.3 Å². The Morgan fingerprint density at radius 1 is 1.32 bits per heavy atom. The summed E-state index contributed by atoms with van der Waals surface area (Å²) in [6, 6.07) is 5.01. The molecule has 1 aliphatic heterocycles. The first-order chi connectivity index (χ1) is 9.19. The van der Waals surface area contributed by atoms with Gasteiger partial charge in [-0.2, -0.15) is 0 Å². The molecule has 3 nitrogen and oxygen atoms in total. The molecule has 1 saturated carbocycles. The van der Waals surface area contributed by atoms with Gasteiger partial charge in [0.05, 0.1) is 5.69 Å². The van der Waals surface area contributed by atoms with Gasteiger partial charge in [0.2, 0.25) is 5.91 Å². The zero-order valence-electron chi connectivity index (χ0n) is 11.2. The molecule has 3 rings (SSSR count). The fourth-order valence-electron chi connectivity index (χ4n) is 3.55. The van der Waals surface area contributed by atoms with Gasteiger partial charge in [0.15, 0.2) is 0 Å². The second kappa shape index (κ2) is 4.51. The lowest BCUT2D eigenvalue weighted by molar-refractivity contribution is -0.122. The van der Waals surface area contributed by atoms with Crippen molar-refractivity contribution in [1.29, 1.82) is 0 Å². The van der Waals surface area contributed by atoms with Crippen LogP contribution < -0.4 is 10.2 Å². The largest absolute Gasteiger partial charge is 0.356 e. The fraction of sp³-hybridized carbons (Fsp3) is 0.533. The van der Waals surface area contributed by atoms with Crippen molar-refractivity contribution in [2.45, 2.75) is 44.6 Å². The van der Waals surface area contributed by atoms with Crippen LogP contribution in [-0.2, 0) is 4.79 Å². The predicted molar refractivity (Wildman–Crippen MR) is 73.9 cm³/mol. The Kier molecular flexibility index (Phi) is 2.96. The molecule has 0 unspecified atom stereocenters. The molecule has 0 aromatic heterocycles. The molecule has 19 heavy (non-hydrogen) atoms. The number of carbonyl (C=O) groups is 1. The molecular weight excluding hydrogens is 243 g/mol. The molecule has 0 saturated heterocycles. The molecule has 0 bridgehead atoms. The highest BCUT2D eigenvalue weighted by Gasteiger charge is 2.48. The Hall–Kier alpha value is -1.58. The van der Waals surface area contributed by atoms with Crippen LogP contribution >= 0.6 is 0 Å². The van der Waals surface area contributed by atoms with Gasteiger partial charge in [-0.05, 0) is 31.9 Å². The van der Waals surface area contributed by atoms with Gasteiger partial charge in [-0.3, -0.25) is 4.79 Å². The third kappa shape index (κ3) is 1.73. The van der Waals surface area contributed by atoms with Crippen LogP contribution in [0.2, 0.25) is 0 Å². The molecule has 1 N–H and O–H groups in total. The number of amides is 1. The Balaban J connectivity index is 2.11. The molecule has 1 heterocycles. The molecule has 1 spiro atoms. The van der Waals surface area contributed by atoms with Crippen molar-refractivity contribution in [2.75, 3.05) is 16.8 Å². The number of hydrogen-bond acceptors (Lipinski definition) is 2. The Bertz CT molecular complexity index is 509. The first-order valence-corrected chi connectivity index (χ1v) is 7.06. The highest BCUT2D eigenvalue weighted by molar-refractivity contribution is 6.06. The maximum atomic E-state index is 13.9. The smallest absolute Gasteiger partial charge is 0.250 e. The lowest BCUT2D eigenvalue weighted by atomic mass is 9.77. The summed E-state index contributed by atoms with van der Waals surface area (Å²) in [6.45, 7) is 2.76. The van der Waals surface area contributed by atoms with E-state index in [1.165, 1.54) is 12.5 Å². The van der Waals surface area contributed by atoms with Crippen molar-refractivity contribution in [3.8, 4) is 0 Å². The van der Waals surface area contributed by atoms with Crippen molar-refractivity contribution in [3.05, 3.63) is 24.0 Å².